The molecule has 0 unspecified atom stereocenters. The fourth-order valence-corrected chi connectivity index (χ4v) is 2.35. The van der Waals surface area contributed by atoms with Crippen LogP contribution in [0.25, 0.3) is 16.9 Å². The molecule has 1 heterocycles. The van der Waals surface area contributed by atoms with E-state index in [-0.39, 0.29) is 22.6 Å². The number of nitrogens with zero attached hydrogens (tertiary/aromatic N) is 3. The van der Waals surface area contributed by atoms with Gasteiger partial charge in [-0.25, -0.2) is 13.5 Å². The Morgan fingerprint density at radius 2 is 2.00 bits per heavy atom. The normalized spacial score (nSPS) is 10.4. The van der Waals surface area contributed by atoms with E-state index < -0.39 is 11.6 Å². The molecule has 0 aliphatic heterocycles. The van der Waals surface area contributed by atoms with Crippen LogP contribution in [0.15, 0.2) is 42.5 Å². The van der Waals surface area contributed by atoms with Gasteiger partial charge in [-0.3, -0.25) is 0 Å². The summed E-state index contributed by atoms with van der Waals surface area (Å²) in [5, 5.41) is 13.6. The minimum Gasteiger partial charge on any atom is -0.497 e. The summed E-state index contributed by atoms with van der Waals surface area (Å²) in [5.41, 5.74) is 6.62. The second-order valence-electron chi connectivity index (χ2n) is 4.96. The van der Waals surface area contributed by atoms with Gasteiger partial charge in [0, 0.05) is 17.7 Å². The molecule has 0 atom stereocenters. The van der Waals surface area contributed by atoms with Crippen LogP contribution >= 0.6 is 0 Å². The molecule has 0 radical (unpaired) electrons. The molecule has 1 aromatic heterocycles. The third kappa shape index (κ3) is 2.54. The van der Waals surface area contributed by atoms with Crippen molar-refractivity contribution >= 4 is 5.82 Å². The number of anilines is 1. The number of hydrogen-bond acceptors (Lipinski definition) is 4. The number of halogens is 2. The minimum absolute atomic E-state index is 0.00120. The summed E-state index contributed by atoms with van der Waals surface area (Å²) in [7, 11) is 1.52. The Kier molecular flexibility index (Phi) is 3.88. The predicted octanol–water partition coefficient (Wildman–Crippen LogP) is 3.28. The standard InChI is InChI=1S/C17H12F2N4O/c1-24-12-4-2-3-11(8-12)23-17(21)14(9-20)16(22-23)13-6-5-10(18)7-15(13)19/h2-8H,21H2,1H3. The van der Waals surface area contributed by atoms with E-state index in [2.05, 4.69) is 5.10 Å². The first-order valence-corrected chi connectivity index (χ1v) is 6.93. The lowest BCUT2D eigenvalue weighted by molar-refractivity contribution is 0.414. The SMILES string of the molecule is COc1cccc(-n2nc(-c3ccc(F)cc3F)c(C#N)c2N)c1. The highest BCUT2D eigenvalue weighted by Crippen LogP contribution is 2.31. The molecule has 7 heteroatoms. The second kappa shape index (κ2) is 6.01. The second-order valence-corrected chi connectivity index (χ2v) is 4.96. The number of aromatic nitrogens is 2. The molecule has 2 N–H and O–H groups in total. The van der Waals surface area contributed by atoms with Crippen molar-refractivity contribution in [1.29, 1.82) is 5.26 Å². The van der Waals surface area contributed by atoms with Gasteiger partial charge in [0.05, 0.1) is 12.8 Å². The van der Waals surface area contributed by atoms with Crippen molar-refractivity contribution < 1.29 is 13.5 Å². The van der Waals surface area contributed by atoms with Crippen LogP contribution in [0.4, 0.5) is 14.6 Å². The third-order valence-corrected chi connectivity index (χ3v) is 3.52. The van der Waals surface area contributed by atoms with E-state index >= 15 is 0 Å². The number of benzene rings is 2. The van der Waals surface area contributed by atoms with E-state index in [1.165, 1.54) is 17.9 Å². The average Bonchev–Trinajstić information content (AvgIpc) is 2.91. The van der Waals surface area contributed by atoms with Gasteiger partial charge in [-0.1, -0.05) is 6.07 Å². The van der Waals surface area contributed by atoms with Gasteiger partial charge in [-0.15, -0.1) is 0 Å². The lowest BCUT2D eigenvalue weighted by atomic mass is 10.1. The molecular weight excluding hydrogens is 314 g/mol. The molecule has 0 aliphatic carbocycles. The average molecular weight is 326 g/mol. The number of methoxy groups -OCH3 is 1. The van der Waals surface area contributed by atoms with Crippen molar-refractivity contribution in [2.24, 2.45) is 0 Å². The molecule has 3 aromatic rings. The highest BCUT2D eigenvalue weighted by atomic mass is 19.1. The molecule has 0 fully saturated rings. The summed E-state index contributed by atoms with van der Waals surface area (Å²) in [4.78, 5) is 0. The quantitative estimate of drug-likeness (QED) is 0.801. The van der Waals surface area contributed by atoms with E-state index in [0.717, 1.165) is 12.1 Å². The zero-order valence-electron chi connectivity index (χ0n) is 12.6. The Balaban J connectivity index is 2.21. The maximum absolute atomic E-state index is 14.1. The minimum atomic E-state index is -0.818. The van der Waals surface area contributed by atoms with E-state index in [4.69, 9.17) is 10.5 Å². The summed E-state index contributed by atoms with van der Waals surface area (Å²) in [6, 6.07) is 11.9. The lowest BCUT2D eigenvalue weighted by Gasteiger charge is -2.06. The molecule has 0 saturated carbocycles. The molecule has 0 saturated heterocycles. The summed E-state index contributed by atoms with van der Waals surface area (Å²) in [6.45, 7) is 0. The van der Waals surface area contributed by atoms with E-state index in [1.54, 1.807) is 24.3 Å². The van der Waals surface area contributed by atoms with Crippen LogP contribution in [0.1, 0.15) is 5.56 Å². The van der Waals surface area contributed by atoms with Crippen LogP contribution in [-0.4, -0.2) is 16.9 Å². The Morgan fingerprint density at radius 3 is 2.67 bits per heavy atom. The topological polar surface area (TPSA) is 76.9 Å². The van der Waals surface area contributed by atoms with Crippen LogP contribution in [0.3, 0.4) is 0 Å². The van der Waals surface area contributed by atoms with Crippen molar-refractivity contribution in [2.45, 2.75) is 0 Å². The number of nitriles is 1. The van der Waals surface area contributed by atoms with Gasteiger partial charge >= 0.3 is 0 Å². The lowest BCUT2D eigenvalue weighted by Crippen LogP contribution is -2.02. The fourth-order valence-electron chi connectivity index (χ4n) is 2.35. The first-order chi connectivity index (χ1) is 11.5. The smallest absolute Gasteiger partial charge is 0.145 e. The summed E-state index contributed by atoms with van der Waals surface area (Å²) < 4.78 is 33.6. The van der Waals surface area contributed by atoms with Gasteiger partial charge < -0.3 is 10.5 Å². The van der Waals surface area contributed by atoms with E-state index in [0.29, 0.717) is 11.4 Å². The van der Waals surface area contributed by atoms with Gasteiger partial charge in [0.2, 0.25) is 0 Å². The van der Waals surface area contributed by atoms with Crippen molar-refractivity contribution in [1.82, 2.24) is 9.78 Å². The predicted molar refractivity (Wildman–Crippen MR) is 84.6 cm³/mol. The molecular formula is C17H12F2N4O. The molecule has 3 rings (SSSR count). The third-order valence-electron chi connectivity index (χ3n) is 3.52. The van der Waals surface area contributed by atoms with Crippen molar-refractivity contribution in [3.8, 4) is 28.8 Å². The number of rotatable bonds is 3. The Labute approximate surface area is 136 Å². The van der Waals surface area contributed by atoms with Gasteiger partial charge in [0.25, 0.3) is 0 Å². The summed E-state index contributed by atoms with van der Waals surface area (Å²) >= 11 is 0. The van der Waals surface area contributed by atoms with E-state index in [1.807, 2.05) is 6.07 Å². The van der Waals surface area contributed by atoms with Gasteiger partial charge in [-0.05, 0) is 24.3 Å². The van der Waals surface area contributed by atoms with Crippen molar-refractivity contribution in [3.05, 3.63) is 59.7 Å². The Morgan fingerprint density at radius 1 is 1.21 bits per heavy atom. The van der Waals surface area contributed by atoms with Crippen molar-refractivity contribution in [2.75, 3.05) is 12.8 Å². The maximum Gasteiger partial charge on any atom is 0.145 e. The highest BCUT2D eigenvalue weighted by molar-refractivity contribution is 5.74. The van der Waals surface area contributed by atoms with Gasteiger partial charge in [0.15, 0.2) is 0 Å². The first-order valence-electron chi connectivity index (χ1n) is 6.93. The molecule has 5 nitrogen and oxygen atoms in total. The fraction of sp³-hybridized carbons (Fsp3) is 0.0588. The molecule has 0 aliphatic rings. The number of hydrogen-bond donors (Lipinski definition) is 1. The van der Waals surface area contributed by atoms with Crippen molar-refractivity contribution in [3.63, 3.8) is 0 Å². The van der Waals surface area contributed by atoms with Gasteiger partial charge in [-0.2, -0.15) is 10.4 Å². The largest absolute Gasteiger partial charge is 0.497 e. The van der Waals surface area contributed by atoms with E-state index in [9.17, 15) is 14.0 Å². The number of nitrogens with two attached hydrogens (primary N) is 1. The summed E-state index contributed by atoms with van der Waals surface area (Å²) in [6.07, 6.45) is 0. The van der Waals surface area contributed by atoms with Crippen LogP contribution in [0.2, 0.25) is 0 Å². The zero-order chi connectivity index (χ0) is 17.3. The number of nitrogen functional groups attached to an aromatic ring is 1. The zero-order valence-corrected chi connectivity index (χ0v) is 12.6. The molecule has 0 amide bonds. The molecule has 120 valence electrons. The molecule has 0 spiro atoms. The van der Waals surface area contributed by atoms with Crippen LogP contribution in [0, 0.1) is 23.0 Å². The summed E-state index contributed by atoms with van der Waals surface area (Å²) in [5.74, 6) is -0.892. The number of ether oxygens (including phenoxy) is 1. The molecule has 24 heavy (non-hydrogen) atoms. The Hall–Kier alpha value is -3.40. The van der Waals surface area contributed by atoms with Crippen LogP contribution in [-0.2, 0) is 0 Å². The first kappa shape index (κ1) is 15.5. The van der Waals surface area contributed by atoms with Crippen LogP contribution in [0.5, 0.6) is 5.75 Å². The molecule has 0 bridgehead atoms. The molecule has 2 aromatic carbocycles. The van der Waals surface area contributed by atoms with Gasteiger partial charge in [0.1, 0.15) is 40.5 Å². The maximum atomic E-state index is 14.1. The Bertz CT molecular complexity index is 960. The van der Waals surface area contributed by atoms with Crippen LogP contribution < -0.4 is 10.5 Å². The monoisotopic (exact) mass is 326 g/mol. The highest BCUT2D eigenvalue weighted by Gasteiger charge is 2.21.